The lowest BCUT2D eigenvalue weighted by atomic mass is 10.0. The van der Waals surface area contributed by atoms with Gasteiger partial charge in [-0.25, -0.2) is 14.8 Å². The van der Waals surface area contributed by atoms with E-state index in [4.69, 9.17) is 14.5 Å². The standard InChI is InChI=1S/C32H36N6O3/c1-20-13-27(17-23-15-24(35-31(20)23)14-21-3-4-21)41-30-18-29(33-19-34-30)37-10-8-25(9-11-37)38-12-7-22-16-26(40-2)5-6-28(22)36-32(38)39/h5-6,13,16-19,21,25H,3-4,7-12,14-15H2,1-2H3,(H,36,39). The second-order valence-electron chi connectivity index (χ2n) is 11.7. The molecule has 2 fully saturated rings. The summed E-state index contributed by atoms with van der Waals surface area (Å²) in [5.41, 5.74) is 6.77. The van der Waals surface area contributed by atoms with Crippen LogP contribution in [-0.4, -0.2) is 59.4 Å². The second kappa shape index (κ2) is 10.7. The zero-order valence-electron chi connectivity index (χ0n) is 23.7. The molecule has 9 heteroatoms. The van der Waals surface area contributed by atoms with Gasteiger partial charge < -0.3 is 24.6 Å². The summed E-state index contributed by atoms with van der Waals surface area (Å²) in [6.07, 6.45) is 8.85. The maximum atomic E-state index is 13.1. The summed E-state index contributed by atoms with van der Waals surface area (Å²) in [6.45, 7) is 4.41. The first-order valence-electron chi connectivity index (χ1n) is 14.7. The number of anilines is 2. The Bertz CT molecular complexity index is 1510. The van der Waals surface area contributed by atoms with Gasteiger partial charge in [-0.05, 0) is 98.4 Å². The van der Waals surface area contributed by atoms with Gasteiger partial charge in [-0.2, -0.15) is 0 Å². The van der Waals surface area contributed by atoms with Crippen LogP contribution in [0.1, 0.15) is 48.8 Å². The first-order chi connectivity index (χ1) is 20.0. The number of ether oxygens (including phenoxy) is 2. The molecule has 1 N–H and O–H groups in total. The van der Waals surface area contributed by atoms with Crippen molar-refractivity contribution in [3.05, 3.63) is 59.4 Å². The number of urea groups is 1. The van der Waals surface area contributed by atoms with Gasteiger partial charge >= 0.3 is 6.03 Å². The summed E-state index contributed by atoms with van der Waals surface area (Å²) in [6, 6.07) is 12.1. The smallest absolute Gasteiger partial charge is 0.322 e. The van der Waals surface area contributed by atoms with Gasteiger partial charge in [0, 0.05) is 49.6 Å². The topological polar surface area (TPSA) is 92.2 Å². The number of rotatable bonds is 7. The zero-order valence-corrected chi connectivity index (χ0v) is 23.7. The molecule has 1 saturated heterocycles. The van der Waals surface area contributed by atoms with Gasteiger partial charge in [-0.3, -0.25) is 4.99 Å². The van der Waals surface area contributed by atoms with E-state index in [1.165, 1.54) is 24.1 Å². The maximum absolute atomic E-state index is 13.1. The number of amides is 2. The summed E-state index contributed by atoms with van der Waals surface area (Å²) in [7, 11) is 1.66. The van der Waals surface area contributed by atoms with Crippen molar-refractivity contribution in [2.75, 3.05) is 37.0 Å². The highest BCUT2D eigenvalue weighted by molar-refractivity contribution is 5.95. The highest BCUT2D eigenvalue weighted by atomic mass is 16.5. The molecule has 4 aliphatic rings. The molecule has 1 aliphatic carbocycles. The molecule has 7 rings (SSSR count). The number of hydrogen-bond acceptors (Lipinski definition) is 7. The van der Waals surface area contributed by atoms with E-state index in [1.807, 2.05) is 29.2 Å². The van der Waals surface area contributed by atoms with Gasteiger partial charge in [0.15, 0.2) is 0 Å². The third kappa shape index (κ3) is 5.45. The largest absolute Gasteiger partial charge is 0.497 e. The van der Waals surface area contributed by atoms with Gasteiger partial charge in [0.1, 0.15) is 23.6 Å². The Labute approximate surface area is 240 Å². The number of carbonyl (C=O) groups is 1. The molecule has 2 aromatic carbocycles. The predicted octanol–water partition coefficient (Wildman–Crippen LogP) is 6.07. The van der Waals surface area contributed by atoms with Crippen LogP contribution in [0.25, 0.3) is 0 Å². The first-order valence-corrected chi connectivity index (χ1v) is 14.7. The number of carbonyl (C=O) groups excluding carboxylic acids is 1. The van der Waals surface area contributed by atoms with Crippen LogP contribution >= 0.6 is 0 Å². The van der Waals surface area contributed by atoms with Gasteiger partial charge in [0.05, 0.1) is 12.8 Å². The van der Waals surface area contributed by atoms with Crippen LogP contribution in [-0.2, 0) is 12.8 Å². The molecule has 0 bridgehead atoms. The van der Waals surface area contributed by atoms with Crippen LogP contribution in [0.4, 0.5) is 22.0 Å². The van der Waals surface area contributed by atoms with Crippen LogP contribution in [0.5, 0.6) is 17.4 Å². The fourth-order valence-corrected chi connectivity index (χ4v) is 6.35. The average Bonchev–Trinajstić information content (AvgIpc) is 3.73. The summed E-state index contributed by atoms with van der Waals surface area (Å²) < 4.78 is 11.6. The van der Waals surface area contributed by atoms with Crippen molar-refractivity contribution in [1.82, 2.24) is 14.9 Å². The molecule has 3 aromatic rings. The molecule has 41 heavy (non-hydrogen) atoms. The molecule has 9 nitrogen and oxygen atoms in total. The summed E-state index contributed by atoms with van der Waals surface area (Å²) in [5.74, 6) is 3.83. The van der Waals surface area contributed by atoms with Gasteiger partial charge in [0.2, 0.25) is 5.88 Å². The highest BCUT2D eigenvalue weighted by Gasteiger charge is 2.31. The molecular formula is C32H36N6O3. The lowest BCUT2D eigenvalue weighted by Gasteiger charge is -2.38. The Morgan fingerprint density at radius 2 is 1.80 bits per heavy atom. The molecule has 0 atom stereocenters. The van der Waals surface area contributed by atoms with E-state index >= 15 is 0 Å². The fourth-order valence-electron chi connectivity index (χ4n) is 6.35. The summed E-state index contributed by atoms with van der Waals surface area (Å²) in [5, 5.41) is 3.10. The molecule has 4 heterocycles. The van der Waals surface area contributed by atoms with Crippen molar-refractivity contribution in [3.8, 4) is 17.4 Å². The lowest BCUT2D eigenvalue weighted by molar-refractivity contribution is 0.177. The van der Waals surface area contributed by atoms with E-state index in [-0.39, 0.29) is 12.1 Å². The number of aliphatic imine (C=N–C) groups is 1. The average molecular weight is 553 g/mol. The Morgan fingerprint density at radius 1 is 0.976 bits per heavy atom. The Balaban J connectivity index is 0.977. The monoisotopic (exact) mass is 552 g/mol. The number of nitrogens with zero attached hydrogens (tertiary/aromatic N) is 5. The Morgan fingerprint density at radius 3 is 2.61 bits per heavy atom. The Hall–Kier alpha value is -4.14. The van der Waals surface area contributed by atoms with Gasteiger partial charge in [-0.1, -0.05) is 0 Å². The number of nitrogens with one attached hydrogen (secondary N) is 1. The second-order valence-corrected chi connectivity index (χ2v) is 11.7. The van der Waals surface area contributed by atoms with E-state index in [0.29, 0.717) is 12.4 Å². The Kier molecular flexibility index (Phi) is 6.73. The lowest BCUT2D eigenvalue weighted by Crippen LogP contribution is -2.49. The third-order valence-corrected chi connectivity index (χ3v) is 8.75. The van der Waals surface area contributed by atoms with Crippen LogP contribution in [0, 0.1) is 12.8 Å². The minimum atomic E-state index is -0.0280. The number of aryl methyl sites for hydroxylation is 1. The first kappa shape index (κ1) is 25.8. The number of methoxy groups -OCH3 is 1. The summed E-state index contributed by atoms with van der Waals surface area (Å²) >= 11 is 0. The number of hydrogen-bond donors (Lipinski definition) is 1. The minimum absolute atomic E-state index is 0.0280. The van der Waals surface area contributed by atoms with Crippen LogP contribution in [0.2, 0.25) is 0 Å². The van der Waals surface area contributed by atoms with E-state index in [2.05, 4.69) is 39.2 Å². The van der Waals surface area contributed by atoms with Crippen molar-refractivity contribution >= 4 is 28.9 Å². The highest BCUT2D eigenvalue weighted by Crippen LogP contribution is 2.40. The molecule has 3 aliphatic heterocycles. The van der Waals surface area contributed by atoms with Crippen molar-refractivity contribution in [1.29, 1.82) is 0 Å². The van der Waals surface area contributed by atoms with Crippen LogP contribution < -0.4 is 19.7 Å². The van der Waals surface area contributed by atoms with Gasteiger partial charge in [-0.15, -0.1) is 0 Å². The predicted molar refractivity (Wildman–Crippen MR) is 159 cm³/mol. The molecular weight excluding hydrogens is 516 g/mol. The summed E-state index contributed by atoms with van der Waals surface area (Å²) in [4.78, 5) is 31.2. The number of benzene rings is 2. The van der Waals surface area contributed by atoms with Crippen molar-refractivity contribution < 1.29 is 14.3 Å². The minimum Gasteiger partial charge on any atom is -0.497 e. The van der Waals surface area contributed by atoms with Crippen molar-refractivity contribution in [2.45, 2.75) is 57.9 Å². The number of piperidine rings is 1. The molecule has 2 amide bonds. The van der Waals surface area contributed by atoms with E-state index in [1.54, 1.807) is 13.4 Å². The van der Waals surface area contributed by atoms with Gasteiger partial charge in [0.25, 0.3) is 0 Å². The third-order valence-electron chi connectivity index (χ3n) is 8.75. The van der Waals surface area contributed by atoms with Crippen molar-refractivity contribution in [2.24, 2.45) is 10.9 Å². The number of aromatic nitrogens is 2. The van der Waals surface area contributed by atoms with E-state index < -0.39 is 0 Å². The van der Waals surface area contributed by atoms with Crippen molar-refractivity contribution in [3.63, 3.8) is 0 Å². The van der Waals surface area contributed by atoms with Crippen LogP contribution in [0.15, 0.2) is 47.7 Å². The quantitative estimate of drug-likeness (QED) is 0.382. The zero-order chi connectivity index (χ0) is 27.9. The van der Waals surface area contributed by atoms with E-state index in [0.717, 1.165) is 90.9 Å². The van der Waals surface area contributed by atoms with Crippen LogP contribution in [0.3, 0.4) is 0 Å². The molecule has 0 unspecified atom stereocenters. The SMILES string of the molecule is COc1ccc2c(c1)CCN(C1CCN(c3cc(Oc4cc(C)c5c(c4)CC(CC4CC4)=N5)ncn3)CC1)C(=O)N2. The molecule has 0 spiro atoms. The fraction of sp³-hybridized carbons (Fsp3) is 0.438. The molecule has 1 saturated carbocycles. The maximum Gasteiger partial charge on any atom is 0.322 e. The molecule has 1 aromatic heterocycles. The molecule has 0 radical (unpaired) electrons. The molecule has 212 valence electrons. The van der Waals surface area contributed by atoms with E-state index in [9.17, 15) is 4.79 Å². The normalized spacial score (nSPS) is 18.8. The number of fused-ring (bicyclic) bond motifs is 2.